The van der Waals surface area contributed by atoms with Gasteiger partial charge in [0.05, 0.1) is 0 Å². The van der Waals surface area contributed by atoms with Crippen LogP contribution in [0.1, 0.15) is 37.8 Å². The van der Waals surface area contributed by atoms with Crippen molar-refractivity contribution in [2.75, 3.05) is 13.2 Å². The maximum absolute atomic E-state index is 11.7. The van der Waals surface area contributed by atoms with Crippen molar-refractivity contribution in [3.8, 4) is 0 Å². The number of nitrogens with one attached hydrogen (secondary N) is 1. The molecule has 0 saturated carbocycles. The number of carbonyl (C=O) groups is 2. The van der Waals surface area contributed by atoms with Crippen LogP contribution in [0.4, 0.5) is 0 Å². The number of aliphatic carboxylic acids is 1. The number of hydrogen-bond acceptors (Lipinski definition) is 3. The number of hydrogen-bond donors (Lipinski definition) is 2. The maximum Gasteiger partial charge on any atom is 0.330 e. The topological polar surface area (TPSA) is 75.6 Å². The summed E-state index contributed by atoms with van der Waals surface area (Å²) in [5.74, 6) is -1.51. The highest BCUT2D eigenvalue weighted by molar-refractivity contribution is 5.85. The van der Waals surface area contributed by atoms with Crippen LogP contribution in [0, 0.1) is 0 Å². The Labute approximate surface area is 118 Å². The van der Waals surface area contributed by atoms with E-state index in [2.05, 4.69) is 12.2 Å². The van der Waals surface area contributed by atoms with Crippen LogP contribution >= 0.6 is 0 Å². The first-order valence-electron chi connectivity index (χ1n) is 6.80. The minimum absolute atomic E-state index is 0.111. The summed E-state index contributed by atoms with van der Waals surface area (Å²) >= 11 is 0. The van der Waals surface area contributed by atoms with Gasteiger partial charge in [-0.15, -0.1) is 0 Å². The lowest BCUT2D eigenvalue weighted by Gasteiger charge is -2.14. The molecule has 0 radical (unpaired) electrons. The Hall–Kier alpha value is -1.88. The van der Waals surface area contributed by atoms with Crippen molar-refractivity contribution >= 4 is 11.9 Å². The van der Waals surface area contributed by atoms with Crippen molar-refractivity contribution in [1.82, 2.24) is 5.32 Å². The lowest BCUT2D eigenvalue weighted by molar-refractivity contribution is -0.142. The minimum Gasteiger partial charge on any atom is -0.479 e. The summed E-state index contributed by atoms with van der Waals surface area (Å²) < 4.78 is 5.21. The van der Waals surface area contributed by atoms with Crippen molar-refractivity contribution in [1.29, 1.82) is 0 Å². The van der Waals surface area contributed by atoms with Crippen molar-refractivity contribution in [3.05, 3.63) is 35.9 Å². The van der Waals surface area contributed by atoms with Crippen LogP contribution in [0.25, 0.3) is 0 Å². The molecule has 1 amide bonds. The van der Waals surface area contributed by atoms with Crippen molar-refractivity contribution in [2.45, 2.75) is 32.2 Å². The first-order valence-corrected chi connectivity index (χ1v) is 6.80. The molecule has 0 saturated heterocycles. The number of carbonyl (C=O) groups excluding carboxylic acids is 1. The number of unbranched alkanes of at least 4 members (excludes halogenated alkanes) is 2. The van der Waals surface area contributed by atoms with Crippen LogP contribution in [0.5, 0.6) is 0 Å². The molecule has 5 heteroatoms. The molecule has 1 unspecified atom stereocenters. The summed E-state index contributed by atoms with van der Waals surface area (Å²) in [5, 5.41) is 11.6. The molecule has 1 atom stereocenters. The summed E-state index contributed by atoms with van der Waals surface area (Å²) in [6.07, 6.45) is 3.05. The van der Waals surface area contributed by atoms with Gasteiger partial charge in [0.25, 0.3) is 0 Å². The Kier molecular flexibility index (Phi) is 7.35. The van der Waals surface area contributed by atoms with E-state index in [0.29, 0.717) is 12.2 Å². The molecule has 0 spiro atoms. The zero-order chi connectivity index (χ0) is 14.8. The quantitative estimate of drug-likeness (QED) is 0.679. The van der Waals surface area contributed by atoms with Crippen LogP contribution in [0.3, 0.4) is 0 Å². The molecule has 1 rings (SSSR count). The van der Waals surface area contributed by atoms with Crippen LogP contribution in [-0.2, 0) is 14.3 Å². The van der Waals surface area contributed by atoms with E-state index in [1.165, 1.54) is 0 Å². The molecule has 0 heterocycles. The number of rotatable bonds is 9. The fourth-order valence-corrected chi connectivity index (χ4v) is 1.75. The lowest BCUT2D eigenvalue weighted by Crippen LogP contribution is -2.36. The van der Waals surface area contributed by atoms with Gasteiger partial charge in [-0.05, 0) is 12.0 Å². The number of carboxylic acid groups (broad SMARTS) is 1. The molecular weight excluding hydrogens is 258 g/mol. The van der Waals surface area contributed by atoms with Gasteiger partial charge in [0.15, 0.2) is 6.04 Å². The Morgan fingerprint density at radius 2 is 1.95 bits per heavy atom. The van der Waals surface area contributed by atoms with E-state index < -0.39 is 17.9 Å². The molecule has 0 aliphatic heterocycles. The minimum atomic E-state index is -1.09. The summed E-state index contributed by atoms with van der Waals surface area (Å²) in [5.41, 5.74) is 0.541. The Morgan fingerprint density at radius 3 is 2.55 bits per heavy atom. The standard InChI is InChI=1S/C15H21NO4/c1-2-3-7-10-20-11-13(17)16-14(15(18)19)12-8-5-4-6-9-12/h4-6,8-9,14H,2-3,7,10-11H2,1H3,(H,16,17)(H,18,19). The third kappa shape index (κ3) is 5.84. The van der Waals surface area contributed by atoms with Crippen LogP contribution in [-0.4, -0.2) is 30.2 Å². The van der Waals surface area contributed by atoms with Crippen molar-refractivity contribution in [3.63, 3.8) is 0 Å². The van der Waals surface area contributed by atoms with E-state index in [4.69, 9.17) is 9.84 Å². The smallest absolute Gasteiger partial charge is 0.330 e. The highest BCUT2D eigenvalue weighted by atomic mass is 16.5. The summed E-state index contributed by atoms with van der Waals surface area (Å²) in [6, 6.07) is 7.56. The highest BCUT2D eigenvalue weighted by Gasteiger charge is 2.21. The summed E-state index contributed by atoms with van der Waals surface area (Å²) in [4.78, 5) is 22.9. The van der Waals surface area contributed by atoms with Crippen molar-refractivity contribution < 1.29 is 19.4 Å². The lowest BCUT2D eigenvalue weighted by atomic mass is 10.1. The third-order valence-electron chi connectivity index (χ3n) is 2.81. The highest BCUT2D eigenvalue weighted by Crippen LogP contribution is 2.12. The zero-order valence-electron chi connectivity index (χ0n) is 11.7. The van der Waals surface area contributed by atoms with Gasteiger partial charge in [-0.2, -0.15) is 0 Å². The second kappa shape index (κ2) is 9.09. The second-order valence-corrected chi connectivity index (χ2v) is 4.51. The molecule has 1 aromatic carbocycles. The normalized spacial score (nSPS) is 11.8. The first kappa shape index (κ1) is 16.2. The van der Waals surface area contributed by atoms with E-state index >= 15 is 0 Å². The predicted octanol–water partition coefficient (Wildman–Crippen LogP) is 2.14. The molecule has 5 nitrogen and oxygen atoms in total. The predicted molar refractivity (Wildman–Crippen MR) is 75.3 cm³/mol. The Balaban J connectivity index is 2.43. The summed E-state index contributed by atoms with van der Waals surface area (Å²) in [7, 11) is 0. The third-order valence-corrected chi connectivity index (χ3v) is 2.81. The average molecular weight is 279 g/mol. The van der Waals surface area contributed by atoms with E-state index in [0.717, 1.165) is 19.3 Å². The monoisotopic (exact) mass is 279 g/mol. The Bertz CT molecular complexity index is 419. The molecule has 0 aromatic heterocycles. The molecule has 20 heavy (non-hydrogen) atoms. The number of carboxylic acids is 1. The van der Waals surface area contributed by atoms with E-state index in [1.807, 2.05) is 0 Å². The Morgan fingerprint density at radius 1 is 1.25 bits per heavy atom. The van der Waals surface area contributed by atoms with Crippen LogP contribution in [0.15, 0.2) is 30.3 Å². The van der Waals surface area contributed by atoms with E-state index in [9.17, 15) is 9.59 Å². The van der Waals surface area contributed by atoms with Gasteiger partial charge in [0.1, 0.15) is 6.61 Å². The number of amides is 1. The van der Waals surface area contributed by atoms with Gasteiger partial charge >= 0.3 is 5.97 Å². The molecule has 0 aliphatic carbocycles. The molecular formula is C15H21NO4. The summed E-state index contributed by atoms with van der Waals surface area (Å²) in [6.45, 7) is 2.49. The number of ether oxygens (including phenoxy) is 1. The fourth-order valence-electron chi connectivity index (χ4n) is 1.75. The van der Waals surface area contributed by atoms with Crippen molar-refractivity contribution in [2.24, 2.45) is 0 Å². The maximum atomic E-state index is 11.7. The number of benzene rings is 1. The van der Waals surface area contributed by atoms with E-state index in [1.54, 1.807) is 30.3 Å². The largest absolute Gasteiger partial charge is 0.479 e. The second-order valence-electron chi connectivity index (χ2n) is 4.51. The first-order chi connectivity index (χ1) is 9.65. The van der Waals surface area contributed by atoms with Gasteiger partial charge in [0.2, 0.25) is 5.91 Å². The van der Waals surface area contributed by atoms with Gasteiger partial charge < -0.3 is 15.2 Å². The van der Waals surface area contributed by atoms with Gasteiger partial charge in [-0.3, -0.25) is 4.79 Å². The zero-order valence-corrected chi connectivity index (χ0v) is 11.7. The van der Waals surface area contributed by atoms with E-state index in [-0.39, 0.29) is 6.61 Å². The van der Waals surface area contributed by atoms with Gasteiger partial charge in [-0.25, -0.2) is 4.79 Å². The van der Waals surface area contributed by atoms with Crippen LogP contribution in [0.2, 0.25) is 0 Å². The van der Waals surface area contributed by atoms with Gasteiger partial charge in [-0.1, -0.05) is 50.1 Å². The fraction of sp³-hybridized carbons (Fsp3) is 0.467. The average Bonchev–Trinajstić information content (AvgIpc) is 2.45. The molecule has 0 bridgehead atoms. The van der Waals surface area contributed by atoms with Crippen LogP contribution < -0.4 is 5.32 Å². The van der Waals surface area contributed by atoms with Gasteiger partial charge in [0, 0.05) is 6.61 Å². The molecule has 110 valence electrons. The SMILES string of the molecule is CCCCCOCC(=O)NC(C(=O)O)c1ccccc1. The molecule has 0 fully saturated rings. The molecule has 0 aliphatic rings. The molecule has 2 N–H and O–H groups in total. The molecule has 1 aromatic rings.